The highest BCUT2D eigenvalue weighted by Crippen LogP contribution is 2.72. The Balaban J connectivity index is 0.000000148. The van der Waals surface area contributed by atoms with E-state index in [4.69, 9.17) is 73.7 Å². The van der Waals surface area contributed by atoms with Gasteiger partial charge in [0, 0.05) is 73.6 Å². The van der Waals surface area contributed by atoms with Gasteiger partial charge in [0.15, 0.2) is 0 Å². The molecule has 6 spiro atoms. The zero-order chi connectivity index (χ0) is 111. The molecule has 0 N–H and O–H groups in total. The predicted molar refractivity (Wildman–Crippen MR) is 481 cm³/mol. The van der Waals surface area contributed by atoms with E-state index in [1.54, 1.807) is 12.2 Å². The summed E-state index contributed by atoms with van der Waals surface area (Å²) in [5.74, 6) is 1.12. The van der Waals surface area contributed by atoms with Crippen LogP contribution >= 0.6 is 0 Å². The second kappa shape index (κ2) is 33.0. The van der Waals surface area contributed by atoms with Crippen LogP contribution in [0.5, 0.6) is 0 Å². The fraction of sp³-hybridized carbons (Fsp3) is 0.889. The number of ether oxygens (including phenoxy) is 6. The van der Waals surface area contributed by atoms with Crippen LogP contribution in [0.2, 0.25) is 0 Å². The van der Waals surface area contributed by atoms with Crippen LogP contribution in [-0.2, 0) is 28.4 Å². The van der Waals surface area contributed by atoms with E-state index in [-0.39, 0.29) is 93.4 Å². The van der Waals surface area contributed by atoms with Crippen LogP contribution in [0, 0.1) is 68.0 Å². The van der Waals surface area contributed by atoms with E-state index in [1.165, 1.54) is 12.0 Å². The lowest BCUT2D eigenvalue weighted by molar-refractivity contribution is -0.132. The second-order valence-electron chi connectivity index (χ2n) is 43.9. The van der Waals surface area contributed by atoms with Gasteiger partial charge in [-0.15, -0.1) is 0 Å². The first-order chi connectivity index (χ1) is 66.1. The summed E-state index contributed by atoms with van der Waals surface area (Å²) in [4.78, 5) is 0. The smallest absolute Gasteiger partial charge is 0.0955 e. The third kappa shape index (κ3) is 15.4. The second-order valence-corrected chi connectivity index (χ2v) is 43.9. The molecule has 114 heavy (non-hydrogen) atoms. The lowest BCUT2D eigenvalue weighted by Gasteiger charge is -2.52. The molecule has 12 fully saturated rings. The van der Waals surface area contributed by atoms with Crippen molar-refractivity contribution in [1.82, 2.24) is 0 Å². The van der Waals surface area contributed by atoms with E-state index in [0.29, 0.717) is 75.2 Å². The molecule has 648 valence electrons. The van der Waals surface area contributed by atoms with Gasteiger partial charge in [0.25, 0.3) is 0 Å². The maximum Gasteiger partial charge on any atom is 0.0955 e. The summed E-state index contributed by atoms with van der Waals surface area (Å²) in [5, 5.41) is 0. The first kappa shape index (κ1) is 56.1. The quantitative estimate of drug-likeness (QED) is 0.128. The standard InChI is InChI=1S/6C18H30O/c6*1-5-6-8-14-9-7-11-17(4)12-10-15-13-18(14,17)19-16(15,2)3/h6*9,15H,5-8,10-13H2,1-4H3/t6*15-,17+,18+/m111111/s1/i1D3,5D2,6D2,8D2,9D;1D3,5D2,6D2,8D2;7D2,9D,13D2;7D2,13D2;7D2,9D;7D2. The fourth-order valence-corrected chi connectivity index (χ4v) is 26.1. The van der Waals surface area contributed by atoms with Gasteiger partial charge in [-0.25, -0.2) is 0 Å². The maximum absolute atomic E-state index is 8.98. The Morgan fingerprint density at radius 1 is 0.316 bits per heavy atom. The van der Waals surface area contributed by atoms with E-state index < -0.39 is 162 Å². The summed E-state index contributed by atoms with van der Waals surface area (Å²) >= 11 is 0. The monoisotopic (exact) mass is 1610 g/mol. The minimum Gasteiger partial charge on any atom is -0.364 e. The molecule has 6 nitrogen and oxygen atoms in total. The number of allylic oxidation sites excluding steroid dienone is 6. The van der Waals surface area contributed by atoms with Gasteiger partial charge in [-0.1, -0.05) is 158 Å². The minimum atomic E-state index is -3.45. The van der Waals surface area contributed by atoms with Crippen molar-refractivity contribution in [3.63, 3.8) is 0 Å². The van der Waals surface area contributed by atoms with Gasteiger partial charge in [0.2, 0.25) is 0 Å². The van der Waals surface area contributed by atoms with Crippen LogP contribution < -0.4 is 0 Å². The number of fused-ring (bicyclic) bond motifs is 6. The molecule has 0 amide bonds. The molecule has 0 unspecified atom stereocenters. The number of hydrogen-bond acceptors (Lipinski definition) is 6. The normalized spacial score (nSPS) is 51.9. The summed E-state index contributed by atoms with van der Waals surface area (Å²) in [5.41, 5.74) is -6.04. The highest BCUT2D eigenvalue weighted by atomic mass is 16.6. The first-order valence-corrected chi connectivity index (χ1v) is 46.1. The van der Waals surface area contributed by atoms with Crippen LogP contribution in [0.15, 0.2) is 69.8 Å². The Bertz CT molecular complexity index is 5130. The Morgan fingerprint density at radius 3 is 0.991 bits per heavy atom. The molecule has 6 heterocycles. The Kier molecular flexibility index (Phi) is 16.3. The van der Waals surface area contributed by atoms with E-state index >= 15 is 0 Å². The van der Waals surface area contributed by atoms with Crippen LogP contribution in [0.3, 0.4) is 0 Å². The largest absolute Gasteiger partial charge is 0.364 e. The van der Waals surface area contributed by atoms with Gasteiger partial charge in [-0.05, 0) is 421 Å². The van der Waals surface area contributed by atoms with Crippen molar-refractivity contribution in [1.29, 1.82) is 0 Å². The molecule has 18 atom stereocenters. The molecular weight excluding hydrogens is 1390 g/mol. The highest BCUT2D eigenvalue weighted by Gasteiger charge is 2.71. The SMILES string of the molecule is [2H]C([2H])([2H])C([2H])([2H])C([2H])([2H])C([2H])([2H])C1=CCC[C@@]2(C)CC[C@@H]3C[C@]12OC3(C)C.[2H]C1([2H])C=C(CCCC)[C@@]23C[C@@H](CC[C@]2(C)C1)C(C)(C)O3.[2H]C1([2H])C=C(CCCC)[C@]23OC(C)(C)[C@H](CC[C@]2(C)C1)C3([2H])[2H].[2H]C1=C(C([2H])([2H])C([2H])([2H])C([2H])([2H])C([2H])([2H])[2H])[C@@]23C[C@@H](CC[C@]2(C)CC1)C(C)(C)O3.[2H]C1=C(CCCC)[C@@]23C[C@@H](CC[C@]2(C)CC1([2H])[2H])C(C)(C)O3.[2H]C1=C(CCCC)[C@]23OC(C)(C)[C@H](CC[C@]2(C)CC1([2H])[2H])C3([2H])[2H]. The van der Waals surface area contributed by atoms with E-state index in [0.717, 1.165) is 165 Å². The summed E-state index contributed by atoms with van der Waals surface area (Å²) in [6, 6.07) is 0.0865. The van der Waals surface area contributed by atoms with Crippen molar-refractivity contribution < 1.29 is 73.7 Å². The van der Waals surface area contributed by atoms with Crippen molar-refractivity contribution in [3.05, 3.63) is 69.8 Å². The van der Waals surface area contributed by atoms with Gasteiger partial charge in [-0.3, -0.25) is 0 Å². The summed E-state index contributed by atoms with van der Waals surface area (Å²) in [6.45, 7) is 39.0. The van der Waals surface area contributed by atoms with Gasteiger partial charge < -0.3 is 28.4 Å². The fourth-order valence-electron chi connectivity index (χ4n) is 26.1. The first-order valence-electron chi connectivity index (χ1n) is 62.6. The van der Waals surface area contributed by atoms with Crippen LogP contribution in [0.1, 0.15) is 519 Å². The Labute approximate surface area is 750 Å². The molecule has 0 aromatic carbocycles. The summed E-state index contributed by atoms with van der Waals surface area (Å²) in [7, 11) is 0. The third-order valence-electron chi connectivity index (χ3n) is 34.2. The molecule has 6 heteroatoms. The zero-order valence-corrected chi connectivity index (χ0v) is 75.6. The maximum atomic E-state index is 8.98. The van der Waals surface area contributed by atoms with Crippen molar-refractivity contribution >= 4 is 0 Å². The lowest BCUT2D eigenvalue weighted by atomic mass is 9.55. The summed E-state index contributed by atoms with van der Waals surface area (Å²) < 4.78 is 313. The Morgan fingerprint density at radius 2 is 0.596 bits per heavy atom. The number of rotatable bonds is 18. The van der Waals surface area contributed by atoms with E-state index in [9.17, 15) is 0 Å². The zero-order valence-electron chi connectivity index (χ0n) is 109. The third-order valence-corrected chi connectivity index (χ3v) is 34.2. The van der Waals surface area contributed by atoms with Crippen LogP contribution in [-0.4, -0.2) is 67.2 Å². The van der Waals surface area contributed by atoms with Crippen LogP contribution in [0.25, 0.3) is 0 Å². The van der Waals surface area contributed by atoms with Gasteiger partial charge >= 0.3 is 0 Å². The number of unbranched alkanes of at least 4 members (excludes halogenated alkanes) is 4. The van der Waals surface area contributed by atoms with E-state index in [1.807, 2.05) is 82.2 Å². The minimum absolute atomic E-state index is 0.0318. The molecule has 18 aliphatic rings. The molecular formula is C108H180O6. The van der Waals surface area contributed by atoms with Gasteiger partial charge in [0.1, 0.15) is 0 Å². The predicted octanol–water partition coefficient (Wildman–Crippen LogP) is 31.5. The van der Waals surface area contributed by atoms with E-state index in [2.05, 4.69) is 76.2 Å². The molecule has 6 saturated carbocycles. The Hall–Kier alpha value is -1.80. The molecule has 6 aliphatic heterocycles. The topological polar surface area (TPSA) is 55.4 Å². The molecule has 0 aromatic heterocycles. The van der Waals surface area contributed by atoms with Gasteiger partial charge in [-0.2, -0.15) is 0 Å². The summed E-state index contributed by atoms with van der Waals surface area (Å²) in [6.07, 6.45) is 5.95. The molecule has 18 rings (SSSR count). The van der Waals surface area contributed by atoms with Crippen LogP contribution in [0.4, 0.5) is 0 Å². The van der Waals surface area contributed by atoms with Crippen molar-refractivity contribution in [2.75, 3.05) is 0 Å². The number of hydrogen-bond donors (Lipinski definition) is 0. The molecule has 12 bridgehead atoms. The molecule has 0 aromatic rings. The van der Waals surface area contributed by atoms with Crippen molar-refractivity contribution in [2.24, 2.45) is 68.0 Å². The van der Waals surface area contributed by atoms with Crippen molar-refractivity contribution in [2.45, 2.75) is 541 Å². The molecule has 12 aliphatic carbocycles. The van der Waals surface area contributed by atoms with Gasteiger partial charge in [0.05, 0.1) is 71.3 Å². The average molecular weight is 1610 g/mol. The molecule has 6 saturated heterocycles. The highest BCUT2D eigenvalue weighted by molar-refractivity contribution is 5.38. The average Bonchev–Trinajstić information content (AvgIpc) is 1.49. The lowest BCUT2D eigenvalue weighted by Crippen LogP contribution is -2.51. The molecule has 0 radical (unpaired) electrons. The van der Waals surface area contributed by atoms with Crippen molar-refractivity contribution in [3.8, 4) is 0 Å².